The second-order valence-corrected chi connectivity index (χ2v) is 5.10. The molecule has 0 heterocycles. The van der Waals surface area contributed by atoms with E-state index in [2.05, 4.69) is 15.9 Å². The van der Waals surface area contributed by atoms with Crippen LogP contribution in [0.25, 0.3) is 0 Å². The Labute approximate surface area is 120 Å². The molecule has 0 aliphatic carbocycles. The van der Waals surface area contributed by atoms with Crippen molar-refractivity contribution in [2.24, 2.45) is 0 Å². The number of carbonyl (C=O) groups excluding carboxylic acids is 1. The Kier molecular flexibility index (Phi) is 5.35. The third kappa shape index (κ3) is 4.24. The maximum absolute atomic E-state index is 11.8. The third-order valence-corrected chi connectivity index (χ3v) is 3.39. The normalized spacial score (nSPS) is 11.8. The van der Waals surface area contributed by atoms with Crippen molar-refractivity contribution in [2.75, 3.05) is 13.7 Å². The molecule has 6 heteroatoms. The summed E-state index contributed by atoms with van der Waals surface area (Å²) in [6, 6.07) is 4.63. The van der Waals surface area contributed by atoms with Gasteiger partial charge in [0.15, 0.2) is 6.61 Å². The van der Waals surface area contributed by atoms with Gasteiger partial charge in [-0.3, -0.25) is 4.79 Å². The number of halogens is 1. The molecule has 0 saturated carbocycles. The first kappa shape index (κ1) is 15.5. The first-order valence-electron chi connectivity index (χ1n) is 5.70. The number of benzene rings is 1. The van der Waals surface area contributed by atoms with Gasteiger partial charge in [-0.1, -0.05) is 6.07 Å². The molecule has 0 radical (unpaired) electrons. The number of nitrogens with zero attached hydrogens (tertiary/aromatic N) is 1. The van der Waals surface area contributed by atoms with Gasteiger partial charge in [-0.15, -0.1) is 0 Å². The average molecular weight is 330 g/mol. The number of carboxylic acid groups (broad SMARTS) is 1. The zero-order valence-electron chi connectivity index (χ0n) is 11.0. The molecule has 1 unspecified atom stereocenters. The van der Waals surface area contributed by atoms with Crippen LogP contribution in [0.2, 0.25) is 0 Å². The third-order valence-electron chi connectivity index (χ3n) is 2.77. The highest BCUT2D eigenvalue weighted by Gasteiger charge is 2.21. The maximum atomic E-state index is 11.8. The maximum Gasteiger partial charge on any atom is 0.326 e. The lowest BCUT2D eigenvalue weighted by atomic mass is 10.2. The molecule has 0 bridgehead atoms. The number of aryl methyl sites for hydroxylation is 1. The van der Waals surface area contributed by atoms with E-state index >= 15 is 0 Å². The average Bonchev–Trinajstić information content (AvgIpc) is 2.35. The highest BCUT2D eigenvalue weighted by Crippen LogP contribution is 2.25. The second-order valence-electron chi connectivity index (χ2n) is 4.24. The molecule has 0 aliphatic heterocycles. The molecule has 1 aromatic rings. The van der Waals surface area contributed by atoms with Gasteiger partial charge in [0.05, 0.1) is 4.47 Å². The fraction of sp³-hybridized carbons (Fsp3) is 0.385. The first-order chi connectivity index (χ1) is 8.82. The molecule has 0 aliphatic rings. The smallest absolute Gasteiger partial charge is 0.326 e. The van der Waals surface area contributed by atoms with Gasteiger partial charge in [-0.2, -0.15) is 0 Å². The summed E-state index contributed by atoms with van der Waals surface area (Å²) >= 11 is 3.34. The van der Waals surface area contributed by atoms with Crippen molar-refractivity contribution in [1.29, 1.82) is 0 Å². The molecule has 104 valence electrons. The second kappa shape index (κ2) is 6.56. The van der Waals surface area contributed by atoms with Gasteiger partial charge in [-0.25, -0.2) is 4.79 Å². The predicted molar refractivity (Wildman–Crippen MR) is 74.2 cm³/mol. The van der Waals surface area contributed by atoms with Crippen molar-refractivity contribution in [1.82, 2.24) is 4.90 Å². The Morgan fingerprint density at radius 2 is 2.11 bits per heavy atom. The number of carboxylic acids is 1. The van der Waals surface area contributed by atoms with Gasteiger partial charge >= 0.3 is 5.97 Å². The number of likely N-dealkylation sites (N-methyl/N-ethyl adjacent to an activating group) is 1. The topological polar surface area (TPSA) is 66.8 Å². The van der Waals surface area contributed by atoms with E-state index in [4.69, 9.17) is 9.84 Å². The number of rotatable bonds is 5. The lowest BCUT2D eigenvalue weighted by molar-refractivity contribution is -0.148. The van der Waals surface area contributed by atoms with E-state index in [1.54, 1.807) is 6.07 Å². The molecule has 0 saturated heterocycles. The molecule has 0 aromatic heterocycles. The standard InChI is InChI=1S/C13H16BrNO4/c1-8-4-5-11(10(14)6-8)19-7-12(16)15(3)9(2)13(17)18/h4-6,9H,7H2,1-3H3,(H,17,18). The number of ether oxygens (including phenoxy) is 1. The highest BCUT2D eigenvalue weighted by molar-refractivity contribution is 9.10. The summed E-state index contributed by atoms with van der Waals surface area (Å²) < 4.78 is 6.13. The fourth-order valence-electron chi connectivity index (χ4n) is 1.35. The van der Waals surface area contributed by atoms with Crippen molar-refractivity contribution < 1.29 is 19.4 Å². The molecule has 1 aromatic carbocycles. The van der Waals surface area contributed by atoms with Crippen LogP contribution in [0, 0.1) is 6.92 Å². The summed E-state index contributed by atoms with van der Waals surface area (Å²) in [6.45, 7) is 3.19. The van der Waals surface area contributed by atoms with Gasteiger partial charge < -0.3 is 14.7 Å². The lowest BCUT2D eigenvalue weighted by Crippen LogP contribution is -2.42. The van der Waals surface area contributed by atoms with E-state index in [1.165, 1.54) is 14.0 Å². The van der Waals surface area contributed by atoms with Crippen LogP contribution in [0.4, 0.5) is 0 Å². The van der Waals surface area contributed by atoms with Gasteiger partial charge in [0.1, 0.15) is 11.8 Å². The number of hydrogen-bond acceptors (Lipinski definition) is 3. The first-order valence-corrected chi connectivity index (χ1v) is 6.49. The van der Waals surface area contributed by atoms with Crippen LogP contribution in [-0.2, 0) is 9.59 Å². The van der Waals surface area contributed by atoms with Crippen molar-refractivity contribution in [2.45, 2.75) is 19.9 Å². The van der Waals surface area contributed by atoms with E-state index in [0.29, 0.717) is 5.75 Å². The Morgan fingerprint density at radius 3 is 2.63 bits per heavy atom. The van der Waals surface area contributed by atoms with Crippen molar-refractivity contribution in [3.63, 3.8) is 0 Å². The predicted octanol–water partition coefficient (Wildman–Crippen LogP) is 2.07. The number of hydrogen-bond donors (Lipinski definition) is 1. The van der Waals surface area contributed by atoms with Gasteiger partial charge in [-0.05, 0) is 47.5 Å². The molecule has 1 rings (SSSR count). The Morgan fingerprint density at radius 1 is 1.47 bits per heavy atom. The van der Waals surface area contributed by atoms with Crippen LogP contribution in [-0.4, -0.2) is 41.6 Å². The minimum atomic E-state index is -1.05. The Hall–Kier alpha value is -1.56. The Bertz CT molecular complexity index is 490. The summed E-state index contributed by atoms with van der Waals surface area (Å²) in [5.41, 5.74) is 1.07. The Balaban J connectivity index is 2.61. The van der Waals surface area contributed by atoms with E-state index in [-0.39, 0.29) is 12.5 Å². The molecule has 19 heavy (non-hydrogen) atoms. The SMILES string of the molecule is Cc1ccc(OCC(=O)N(C)C(C)C(=O)O)c(Br)c1. The molecule has 0 fully saturated rings. The largest absolute Gasteiger partial charge is 0.483 e. The van der Waals surface area contributed by atoms with Crippen molar-refractivity contribution in [3.8, 4) is 5.75 Å². The minimum absolute atomic E-state index is 0.199. The molecular formula is C13H16BrNO4. The molecule has 0 spiro atoms. The molecule has 5 nitrogen and oxygen atoms in total. The number of aliphatic carboxylic acids is 1. The van der Waals surface area contributed by atoms with E-state index in [9.17, 15) is 9.59 Å². The minimum Gasteiger partial charge on any atom is -0.483 e. The number of carbonyl (C=O) groups is 2. The van der Waals surface area contributed by atoms with Gasteiger partial charge in [0, 0.05) is 7.05 Å². The molecule has 1 amide bonds. The van der Waals surface area contributed by atoms with Crippen LogP contribution in [0.1, 0.15) is 12.5 Å². The summed E-state index contributed by atoms with van der Waals surface area (Å²) in [5, 5.41) is 8.82. The van der Waals surface area contributed by atoms with E-state index in [1.807, 2.05) is 19.1 Å². The van der Waals surface area contributed by atoms with E-state index < -0.39 is 12.0 Å². The van der Waals surface area contributed by atoms with Crippen molar-refractivity contribution in [3.05, 3.63) is 28.2 Å². The van der Waals surface area contributed by atoms with Crippen molar-refractivity contribution >= 4 is 27.8 Å². The fourth-order valence-corrected chi connectivity index (χ4v) is 1.95. The zero-order valence-corrected chi connectivity index (χ0v) is 12.6. The monoisotopic (exact) mass is 329 g/mol. The number of amides is 1. The van der Waals surface area contributed by atoms with Gasteiger partial charge in [0.2, 0.25) is 0 Å². The molecule has 1 N–H and O–H groups in total. The van der Waals surface area contributed by atoms with Gasteiger partial charge in [0.25, 0.3) is 5.91 Å². The summed E-state index contributed by atoms with van der Waals surface area (Å²) in [7, 11) is 1.44. The quantitative estimate of drug-likeness (QED) is 0.897. The van der Waals surface area contributed by atoms with Crippen LogP contribution in [0.15, 0.2) is 22.7 Å². The molecule has 1 atom stereocenters. The zero-order chi connectivity index (χ0) is 14.6. The van der Waals surface area contributed by atoms with Crippen LogP contribution < -0.4 is 4.74 Å². The van der Waals surface area contributed by atoms with E-state index in [0.717, 1.165) is 14.9 Å². The van der Waals surface area contributed by atoms with Crippen LogP contribution in [0.5, 0.6) is 5.75 Å². The molecular weight excluding hydrogens is 314 g/mol. The van der Waals surface area contributed by atoms with Crippen LogP contribution >= 0.6 is 15.9 Å². The summed E-state index contributed by atoms with van der Waals surface area (Å²) in [5.74, 6) is -0.884. The summed E-state index contributed by atoms with van der Waals surface area (Å²) in [6.07, 6.45) is 0. The lowest BCUT2D eigenvalue weighted by Gasteiger charge is -2.21. The van der Waals surface area contributed by atoms with Crippen LogP contribution in [0.3, 0.4) is 0 Å². The highest BCUT2D eigenvalue weighted by atomic mass is 79.9. The summed E-state index contributed by atoms with van der Waals surface area (Å²) in [4.78, 5) is 23.7.